The van der Waals surface area contributed by atoms with E-state index in [0.717, 1.165) is 48.5 Å². The Hall–Kier alpha value is -3.24. The van der Waals surface area contributed by atoms with Crippen molar-refractivity contribution in [3.63, 3.8) is 0 Å². The van der Waals surface area contributed by atoms with Crippen LogP contribution in [0, 0.1) is 11.3 Å². The molecule has 2 aromatic heterocycles. The lowest BCUT2D eigenvalue weighted by Gasteiger charge is -2.33. The molecule has 136 valence electrons. The van der Waals surface area contributed by atoms with Crippen LogP contribution in [0.15, 0.2) is 42.6 Å². The van der Waals surface area contributed by atoms with E-state index in [-0.39, 0.29) is 12.6 Å². The molecule has 0 atom stereocenters. The second-order valence-electron chi connectivity index (χ2n) is 6.56. The quantitative estimate of drug-likeness (QED) is 0.737. The van der Waals surface area contributed by atoms with Gasteiger partial charge in [-0.05, 0) is 37.1 Å². The number of anilines is 2. The number of nitrogens with one attached hydrogen (secondary N) is 1. The number of hydrogen-bond donors (Lipinski definition) is 2. The number of para-hydroxylation sites is 1. The van der Waals surface area contributed by atoms with E-state index >= 15 is 0 Å². The normalized spacial score (nSPS) is 14.9. The number of fused-ring (bicyclic) bond motifs is 1. The summed E-state index contributed by atoms with van der Waals surface area (Å²) in [6, 6.07) is 13.9. The highest BCUT2D eigenvalue weighted by molar-refractivity contribution is 5.89. The van der Waals surface area contributed by atoms with Crippen molar-refractivity contribution < 1.29 is 5.11 Å². The number of aliphatic hydroxyl groups excluding tert-OH is 1. The second kappa shape index (κ2) is 7.56. The van der Waals surface area contributed by atoms with Gasteiger partial charge in [-0.3, -0.25) is 0 Å². The molecule has 27 heavy (non-hydrogen) atoms. The molecule has 1 aliphatic heterocycles. The molecule has 2 N–H and O–H groups in total. The lowest BCUT2D eigenvalue weighted by atomic mass is 10.0. The van der Waals surface area contributed by atoms with Crippen LogP contribution < -0.4 is 10.2 Å². The molecule has 3 heterocycles. The number of piperidine rings is 1. The molecule has 1 saturated heterocycles. The predicted molar refractivity (Wildman–Crippen MR) is 103 cm³/mol. The second-order valence-corrected chi connectivity index (χ2v) is 6.56. The lowest BCUT2D eigenvalue weighted by Crippen LogP contribution is -2.40. The van der Waals surface area contributed by atoms with E-state index in [1.54, 1.807) is 18.3 Å². The topological polar surface area (TPSA) is 98.0 Å². The third-order valence-electron chi connectivity index (χ3n) is 4.83. The van der Waals surface area contributed by atoms with Crippen molar-refractivity contribution in [1.82, 2.24) is 15.0 Å². The Labute approximate surface area is 157 Å². The van der Waals surface area contributed by atoms with E-state index < -0.39 is 0 Å². The van der Waals surface area contributed by atoms with Crippen LogP contribution in [-0.4, -0.2) is 39.2 Å². The molecule has 0 radical (unpaired) electrons. The first-order valence-electron chi connectivity index (χ1n) is 9.01. The summed E-state index contributed by atoms with van der Waals surface area (Å²) < 4.78 is 0. The van der Waals surface area contributed by atoms with Crippen LogP contribution in [0.4, 0.5) is 11.6 Å². The van der Waals surface area contributed by atoms with E-state index in [1.807, 2.05) is 24.3 Å². The van der Waals surface area contributed by atoms with Crippen LogP contribution in [0.5, 0.6) is 0 Å². The SMILES string of the molecule is N#Cc1cccnc1N1CCC(Nc2nc(CO)nc3ccccc23)CC1. The minimum Gasteiger partial charge on any atom is -0.388 e. The molecule has 1 fully saturated rings. The van der Waals surface area contributed by atoms with Crippen molar-refractivity contribution in [3.8, 4) is 6.07 Å². The number of rotatable bonds is 4. The molecule has 0 unspecified atom stereocenters. The van der Waals surface area contributed by atoms with E-state index in [1.165, 1.54) is 0 Å². The van der Waals surface area contributed by atoms with Gasteiger partial charge in [0.1, 0.15) is 24.3 Å². The Bertz CT molecular complexity index is 991. The Balaban J connectivity index is 1.50. The average Bonchev–Trinajstić information content (AvgIpc) is 2.74. The van der Waals surface area contributed by atoms with Crippen molar-refractivity contribution in [3.05, 3.63) is 54.0 Å². The monoisotopic (exact) mass is 360 g/mol. The molecular formula is C20H20N6O. The molecule has 0 saturated carbocycles. The van der Waals surface area contributed by atoms with E-state index in [0.29, 0.717) is 11.4 Å². The highest BCUT2D eigenvalue weighted by Gasteiger charge is 2.22. The molecule has 4 rings (SSSR count). The van der Waals surface area contributed by atoms with Gasteiger partial charge in [0.2, 0.25) is 0 Å². The molecular weight excluding hydrogens is 340 g/mol. The van der Waals surface area contributed by atoms with Crippen molar-refractivity contribution in [2.24, 2.45) is 0 Å². The summed E-state index contributed by atoms with van der Waals surface area (Å²) in [4.78, 5) is 15.4. The fraction of sp³-hybridized carbons (Fsp3) is 0.300. The highest BCUT2D eigenvalue weighted by atomic mass is 16.3. The number of nitriles is 1. The van der Waals surface area contributed by atoms with Crippen LogP contribution in [0.25, 0.3) is 10.9 Å². The van der Waals surface area contributed by atoms with Crippen molar-refractivity contribution in [2.45, 2.75) is 25.5 Å². The standard InChI is InChI=1S/C20H20N6O/c21-12-14-4-3-9-22-20(14)26-10-7-15(8-11-26)23-19-16-5-1-2-6-17(16)24-18(13-27)25-19/h1-6,9,15,27H,7-8,10-11,13H2,(H,23,24,25). The Morgan fingerprint density at radius 1 is 1.15 bits per heavy atom. The summed E-state index contributed by atoms with van der Waals surface area (Å²) in [7, 11) is 0. The minimum atomic E-state index is -0.186. The van der Waals surface area contributed by atoms with Gasteiger partial charge in [0.25, 0.3) is 0 Å². The molecule has 7 heteroatoms. The summed E-state index contributed by atoms with van der Waals surface area (Å²) >= 11 is 0. The van der Waals surface area contributed by atoms with Gasteiger partial charge in [0.15, 0.2) is 5.82 Å². The van der Waals surface area contributed by atoms with Gasteiger partial charge < -0.3 is 15.3 Å². The minimum absolute atomic E-state index is 0.186. The van der Waals surface area contributed by atoms with Crippen LogP contribution in [-0.2, 0) is 6.61 Å². The van der Waals surface area contributed by atoms with E-state index in [9.17, 15) is 10.4 Å². The van der Waals surface area contributed by atoms with Crippen LogP contribution >= 0.6 is 0 Å². The Morgan fingerprint density at radius 3 is 2.74 bits per heavy atom. The van der Waals surface area contributed by atoms with E-state index in [4.69, 9.17) is 0 Å². The summed E-state index contributed by atoms with van der Waals surface area (Å²) in [6.45, 7) is 1.45. The first-order chi connectivity index (χ1) is 13.3. The lowest BCUT2D eigenvalue weighted by molar-refractivity contribution is 0.272. The Kier molecular flexibility index (Phi) is 4.81. The van der Waals surface area contributed by atoms with Gasteiger partial charge in [0.05, 0.1) is 11.1 Å². The number of aliphatic hydroxyl groups is 1. The van der Waals surface area contributed by atoms with Crippen molar-refractivity contribution >= 4 is 22.5 Å². The van der Waals surface area contributed by atoms with Gasteiger partial charge in [0, 0.05) is 30.7 Å². The molecule has 1 aromatic carbocycles. The molecule has 0 aliphatic carbocycles. The van der Waals surface area contributed by atoms with E-state index in [2.05, 4.69) is 31.2 Å². The number of pyridine rings is 1. The molecule has 0 amide bonds. The summed E-state index contributed by atoms with van der Waals surface area (Å²) in [5.41, 5.74) is 1.43. The predicted octanol–water partition coefficient (Wildman–Crippen LogP) is 2.47. The zero-order valence-electron chi connectivity index (χ0n) is 14.8. The van der Waals surface area contributed by atoms with Crippen LogP contribution in [0.1, 0.15) is 24.2 Å². The molecule has 7 nitrogen and oxygen atoms in total. The number of aromatic nitrogens is 3. The van der Waals surface area contributed by atoms with Crippen molar-refractivity contribution in [1.29, 1.82) is 5.26 Å². The average molecular weight is 360 g/mol. The number of benzene rings is 1. The fourth-order valence-electron chi connectivity index (χ4n) is 3.47. The molecule has 0 bridgehead atoms. The number of hydrogen-bond acceptors (Lipinski definition) is 7. The zero-order valence-corrected chi connectivity index (χ0v) is 14.8. The smallest absolute Gasteiger partial charge is 0.156 e. The fourth-order valence-corrected chi connectivity index (χ4v) is 3.47. The van der Waals surface area contributed by atoms with Gasteiger partial charge in [-0.2, -0.15) is 5.26 Å². The highest BCUT2D eigenvalue weighted by Crippen LogP contribution is 2.25. The molecule has 3 aromatic rings. The maximum absolute atomic E-state index is 9.44. The molecule has 1 aliphatic rings. The third-order valence-corrected chi connectivity index (χ3v) is 4.83. The zero-order chi connectivity index (χ0) is 18.6. The van der Waals surface area contributed by atoms with Crippen LogP contribution in [0.2, 0.25) is 0 Å². The van der Waals surface area contributed by atoms with Crippen molar-refractivity contribution in [2.75, 3.05) is 23.3 Å². The maximum atomic E-state index is 9.44. The Morgan fingerprint density at radius 2 is 1.96 bits per heavy atom. The van der Waals surface area contributed by atoms with Gasteiger partial charge in [-0.15, -0.1) is 0 Å². The summed E-state index contributed by atoms with van der Waals surface area (Å²) in [5, 5.41) is 23.2. The first-order valence-corrected chi connectivity index (χ1v) is 9.01. The van der Waals surface area contributed by atoms with Gasteiger partial charge in [-0.25, -0.2) is 15.0 Å². The largest absolute Gasteiger partial charge is 0.388 e. The third kappa shape index (κ3) is 3.52. The summed E-state index contributed by atoms with van der Waals surface area (Å²) in [6.07, 6.45) is 3.55. The van der Waals surface area contributed by atoms with Gasteiger partial charge >= 0.3 is 0 Å². The molecule has 0 spiro atoms. The van der Waals surface area contributed by atoms with Gasteiger partial charge in [-0.1, -0.05) is 12.1 Å². The number of nitrogens with zero attached hydrogens (tertiary/aromatic N) is 5. The first kappa shape index (κ1) is 17.2. The van der Waals surface area contributed by atoms with Crippen LogP contribution in [0.3, 0.4) is 0 Å². The maximum Gasteiger partial charge on any atom is 0.156 e. The summed E-state index contributed by atoms with van der Waals surface area (Å²) in [5.74, 6) is 1.94.